The van der Waals surface area contributed by atoms with E-state index in [9.17, 15) is 0 Å². The van der Waals surface area contributed by atoms with Crippen LogP contribution in [0.1, 0.15) is 12.5 Å². The maximum atomic E-state index is 5.81. The molecule has 62 valence electrons. The number of nitrogens with one attached hydrogen (secondary N) is 1. The molecule has 0 atom stereocenters. The van der Waals surface area contributed by atoms with Crippen molar-refractivity contribution in [3.05, 3.63) is 23.9 Å². The number of hydrogen-bond acceptors (Lipinski definition) is 2. The molecular weight excluding hydrogens is 150 g/mol. The summed E-state index contributed by atoms with van der Waals surface area (Å²) in [4.78, 5) is 0. The number of nitrogens with two attached hydrogens (primary N) is 1. The standard InChI is InChI=1S/C9H11N3/c1-2-6-3-7-5-11-12-9(7)4-8(6)10/h3-5H,2,10H2,1H3,(H,11,12). The molecular formula is C9H11N3. The highest BCUT2D eigenvalue weighted by Gasteiger charge is 2.00. The first-order valence-corrected chi connectivity index (χ1v) is 4.02. The number of benzene rings is 1. The van der Waals surface area contributed by atoms with Gasteiger partial charge in [-0.05, 0) is 24.1 Å². The Kier molecular flexibility index (Phi) is 1.50. The van der Waals surface area contributed by atoms with Crippen molar-refractivity contribution in [2.75, 3.05) is 5.73 Å². The first-order valence-electron chi connectivity index (χ1n) is 4.02. The molecule has 0 unspecified atom stereocenters. The highest BCUT2D eigenvalue weighted by molar-refractivity contribution is 5.82. The van der Waals surface area contributed by atoms with Crippen LogP contribution in [0, 0.1) is 0 Å². The predicted octanol–water partition coefficient (Wildman–Crippen LogP) is 1.71. The minimum atomic E-state index is 0.842. The molecule has 3 nitrogen and oxygen atoms in total. The zero-order chi connectivity index (χ0) is 8.55. The molecule has 3 heteroatoms. The number of rotatable bonds is 1. The molecule has 1 aromatic heterocycles. The number of hydrogen-bond donors (Lipinski definition) is 2. The predicted molar refractivity (Wildman–Crippen MR) is 49.9 cm³/mol. The number of aryl methyl sites for hydroxylation is 1. The molecule has 12 heavy (non-hydrogen) atoms. The lowest BCUT2D eigenvalue weighted by Gasteiger charge is -2.01. The molecule has 2 aromatic rings. The third-order valence-corrected chi connectivity index (χ3v) is 2.08. The van der Waals surface area contributed by atoms with E-state index in [1.165, 1.54) is 5.56 Å². The third kappa shape index (κ3) is 0.942. The van der Waals surface area contributed by atoms with Crippen molar-refractivity contribution in [1.29, 1.82) is 0 Å². The molecule has 0 bridgehead atoms. The van der Waals surface area contributed by atoms with E-state index in [0.29, 0.717) is 0 Å². The van der Waals surface area contributed by atoms with Gasteiger partial charge in [-0.1, -0.05) is 6.92 Å². The maximum Gasteiger partial charge on any atom is 0.0670 e. The second-order valence-corrected chi connectivity index (χ2v) is 2.86. The van der Waals surface area contributed by atoms with E-state index in [1.54, 1.807) is 0 Å². The summed E-state index contributed by atoms with van der Waals surface area (Å²) in [7, 11) is 0. The van der Waals surface area contributed by atoms with Gasteiger partial charge in [0.15, 0.2) is 0 Å². The van der Waals surface area contributed by atoms with Gasteiger partial charge in [0.05, 0.1) is 11.7 Å². The molecule has 1 heterocycles. The SMILES string of the molecule is CCc1cc2cn[nH]c2cc1N. The summed E-state index contributed by atoms with van der Waals surface area (Å²) in [6.07, 6.45) is 2.78. The van der Waals surface area contributed by atoms with E-state index in [0.717, 1.165) is 23.0 Å². The van der Waals surface area contributed by atoms with Crippen LogP contribution in [0.5, 0.6) is 0 Å². The number of fused-ring (bicyclic) bond motifs is 1. The van der Waals surface area contributed by atoms with E-state index in [1.807, 2.05) is 12.3 Å². The molecule has 0 saturated heterocycles. The van der Waals surface area contributed by atoms with Crippen molar-refractivity contribution in [3.8, 4) is 0 Å². The van der Waals surface area contributed by atoms with Crippen molar-refractivity contribution in [3.63, 3.8) is 0 Å². The Labute approximate surface area is 70.6 Å². The van der Waals surface area contributed by atoms with Crippen molar-refractivity contribution in [1.82, 2.24) is 10.2 Å². The fourth-order valence-corrected chi connectivity index (χ4v) is 1.36. The summed E-state index contributed by atoms with van der Waals surface area (Å²) in [6.45, 7) is 2.09. The van der Waals surface area contributed by atoms with Crippen molar-refractivity contribution in [2.45, 2.75) is 13.3 Å². The van der Waals surface area contributed by atoms with Gasteiger partial charge in [0.1, 0.15) is 0 Å². The number of nitrogens with zero attached hydrogens (tertiary/aromatic N) is 1. The molecule has 0 saturated carbocycles. The Morgan fingerprint density at radius 2 is 2.33 bits per heavy atom. The molecule has 0 amide bonds. The minimum absolute atomic E-state index is 0.842. The number of aromatic amines is 1. The second kappa shape index (κ2) is 2.52. The summed E-state index contributed by atoms with van der Waals surface area (Å²) in [6, 6.07) is 4.01. The van der Waals surface area contributed by atoms with Crippen LogP contribution >= 0.6 is 0 Å². The lowest BCUT2D eigenvalue weighted by atomic mass is 10.1. The van der Waals surface area contributed by atoms with Crippen molar-refractivity contribution in [2.24, 2.45) is 0 Å². The van der Waals surface area contributed by atoms with Crippen LogP contribution in [0.15, 0.2) is 18.3 Å². The van der Waals surface area contributed by atoms with Gasteiger partial charge in [-0.15, -0.1) is 0 Å². The number of anilines is 1. The smallest absolute Gasteiger partial charge is 0.0670 e. The largest absolute Gasteiger partial charge is 0.398 e. The molecule has 0 fully saturated rings. The average Bonchev–Trinajstić information content (AvgIpc) is 2.49. The molecule has 2 rings (SSSR count). The van der Waals surface area contributed by atoms with E-state index in [4.69, 9.17) is 5.73 Å². The number of nitrogen functional groups attached to an aromatic ring is 1. The Balaban J connectivity index is 2.73. The lowest BCUT2D eigenvalue weighted by Crippen LogP contribution is -1.91. The summed E-state index contributed by atoms with van der Waals surface area (Å²) in [5.41, 5.74) is 8.84. The fraction of sp³-hybridized carbons (Fsp3) is 0.222. The minimum Gasteiger partial charge on any atom is -0.398 e. The molecule has 0 aliphatic carbocycles. The van der Waals surface area contributed by atoms with Gasteiger partial charge in [-0.25, -0.2) is 0 Å². The topological polar surface area (TPSA) is 54.7 Å². The Morgan fingerprint density at radius 3 is 3.08 bits per heavy atom. The van der Waals surface area contributed by atoms with Gasteiger partial charge in [0.25, 0.3) is 0 Å². The van der Waals surface area contributed by atoms with Gasteiger partial charge in [0.2, 0.25) is 0 Å². The zero-order valence-electron chi connectivity index (χ0n) is 6.96. The third-order valence-electron chi connectivity index (χ3n) is 2.08. The zero-order valence-corrected chi connectivity index (χ0v) is 6.96. The van der Waals surface area contributed by atoms with E-state index in [2.05, 4.69) is 23.2 Å². The van der Waals surface area contributed by atoms with E-state index >= 15 is 0 Å². The Bertz CT molecular complexity index is 403. The maximum absolute atomic E-state index is 5.81. The normalized spacial score (nSPS) is 10.8. The van der Waals surface area contributed by atoms with Gasteiger partial charge in [0, 0.05) is 11.1 Å². The van der Waals surface area contributed by atoms with Crippen LogP contribution in [0.3, 0.4) is 0 Å². The Hall–Kier alpha value is -1.51. The van der Waals surface area contributed by atoms with Crippen LogP contribution in [0.2, 0.25) is 0 Å². The van der Waals surface area contributed by atoms with Crippen molar-refractivity contribution >= 4 is 16.6 Å². The molecule has 1 aromatic carbocycles. The molecule has 0 aliphatic heterocycles. The molecule has 0 radical (unpaired) electrons. The number of aromatic nitrogens is 2. The summed E-state index contributed by atoms with van der Waals surface area (Å²) in [5, 5.41) is 7.94. The summed E-state index contributed by atoms with van der Waals surface area (Å²) < 4.78 is 0. The van der Waals surface area contributed by atoms with E-state index < -0.39 is 0 Å². The van der Waals surface area contributed by atoms with Gasteiger partial charge >= 0.3 is 0 Å². The van der Waals surface area contributed by atoms with Crippen LogP contribution in [-0.4, -0.2) is 10.2 Å². The van der Waals surface area contributed by atoms with Crippen LogP contribution in [0.25, 0.3) is 10.9 Å². The molecule has 3 N–H and O–H groups in total. The highest BCUT2D eigenvalue weighted by atomic mass is 15.1. The van der Waals surface area contributed by atoms with Gasteiger partial charge in [-0.3, -0.25) is 5.10 Å². The fourth-order valence-electron chi connectivity index (χ4n) is 1.36. The average molecular weight is 161 g/mol. The summed E-state index contributed by atoms with van der Waals surface area (Å²) in [5.74, 6) is 0. The van der Waals surface area contributed by atoms with Crippen LogP contribution < -0.4 is 5.73 Å². The van der Waals surface area contributed by atoms with Crippen molar-refractivity contribution < 1.29 is 0 Å². The highest BCUT2D eigenvalue weighted by Crippen LogP contribution is 2.19. The quantitative estimate of drug-likeness (QED) is 0.625. The van der Waals surface area contributed by atoms with Crippen LogP contribution in [-0.2, 0) is 6.42 Å². The first-order chi connectivity index (χ1) is 5.81. The van der Waals surface area contributed by atoms with Gasteiger partial charge in [-0.2, -0.15) is 5.10 Å². The number of H-pyrrole nitrogens is 1. The first kappa shape index (κ1) is 7.16. The van der Waals surface area contributed by atoms with E-state index in [-0.39, 0.29) is 0 Å². The second-order valence-electron chi connectivity index (χ2n) is 2.86. The van der Waals surface area contributed by atoms with Gasteiger partial charge < -0.3 is 5.73 Å². The lowest BCUT2D eigenvalue weighted by molar-refractivity contribution is 1.12. The monoisotopic (exact) mass is 161 g/mol. The molecule has 0 aliphatic rings. The summed E-state index contributed by atoms with van der Waals surface area (Å²) >= 11 is 0. The van der Waals surface area contributed by atoms with Crippen LogP contribution in [0.4, 0.5) is 5.69 Å². The molecule has 0 spiro atoms. The Morgan fingerprint density at radius 1 is 1.50 bits per heavy atom.